The zero-order chi connectivity index (χ0) is 19.5. The molecule has 0 unspecified atom stereocenters. The fourth-order valence-corrected chi connectivity index (χ4v) is 3.98. The predicted molar refractivity (Wildman–Crippen MR) is 115 cm³/mol. The van der Waals surface area contributed by atoms with Gasteiger partial charge < -0.3 is 20.5 Å². The second-order valence-corrected chi connectivity index (χ2v) is 7.93. The van der Waals surface area contributed by atoms with Crippen molar-refractivity contribution < 1.29 is 9.18 Å². The van der Waals surface area contributed by atoms with Gasteiger partial charge in [0.15, 0.2) is 0 Å². The van der Waals surface area contributed by atoms with Crippen LogP contribution in [-0.4, -0.2) is 46.5 Å². The molecule has 146 valence electrons. The van der Waals surface area contributed by atoms with Crippen LogP contribution in [0.2, 0.25) is 0 Å². The Morgan fingerprint density at radius 3 is 3.11 bits per heavy atom. The predicted octanol–water partition coefficient (Wildman–Crippen LogP) is 2.90. The molecule has 3 aromatic rings. The van der Waals surface area contributed by atoms with Crippen LogP contribution in [0.5, 0.6) is 0 Å². The maximum absolute atomic E-state index is 13.3. The van der Waals surface area contributed by atoms with E-state index in [0.29, 0.717) is 10.1 Å². The number of fused-ring (bicyclic) bond motifs is 1. The number of aromatic amines is 1. The zero-order valence-electron chi connectivity index (χ0n) is 15.1. The van der Waals surface area contributed by atoms with Gasteiger partial charge in [-0.25, -0.2) is 14.4 Å². The quantitative estimate of drug-likeness (QED) is 0.476. The standard InChI is InChI=1S/C19H20FIN6O/c20-15-4-3-12(8-16(15)21)23-9-17(28)26-13-2-1-7-27(10-13)19-14-5-6-22-18(14)24-11-25-19/h3-6,8,11,13,23H,1-2,7,9-10H2,(H,26,28)(H,22,24,25)/t13-/m1/s1. The minimum atomic E-state index is -0.265. The molecule has 1 atom stereocenters. The number of hydrogen-bond acceptors (Lipinski definition) is 5. The number of H-pyrrole nitrogens is 1. The maximum atomic E-state index is 13.3. The molecule has 9 heteroatoms. The Morgan fingerprint density at radius 1 is 1.36 bits per heavy atom. The molecule has 3 heterocycles. The lowest BCUT2D eigenvalue weighted by Crippen LogP contribution is -2.49. The molecule has 0 saturated carbocycles. The number of carbonyl (C=O) groups is 1. The van der Waals surface area contributed by atoms with Gasteiger partial charge in [0.05, 0.1) is 15.5 Å². The molecule has 1 amide bonds. The van der Waals surface area contributed by atoms with Gasteiger partial charge in [0, 0.05) is 31.0 Å². The number of carbonyl (C=O) groups excluding carboxylic acids is 1. The van der Waals surface area contributed by atoms with E-state index >= 15 is 0 Å². The van der Waals surface area contributed by atoms with Gasteiger partial charge in [-0.1, -0.05) is 0 Å². The van der Waals surface area contributed by atoms with Crippen LogP contribution in [0.1, 0.15) is 12.8 Å². The van der Waals surface area contributed by atoms with Crippen molar-refractivity contribution in [3.63, 3.8) is 0 Å². The normalized spacial score (nSPS) is 16.9. The van der Waals surface area contributed by atoms with Crippen LogP contribution in [0.25, 0.3) is 11.0 Å². The van der Waals surface area contributed by atoms with E-state index in [9.17, 15) is 9.18 Å². The van der Waals surface area contributed by atoms with Gasteiger partial charge in [-0.2, -0.15) is 0 Å². The van der Waals surface area contributed by atoms with E-state index in [2.05, 4.69) is 30.5 Å². The van der Waals surface area contributed by atoms with Crippen LogP contribution >= 0.6 is 22.6 Å². The highest BCUT2D eigenvalue weighted by Crippen LogP contribution is 2.25. The van der Waals surface area contributed by atoms with Gasteiger partial charge >= 0.3 is 0 Å². The third-order valence-corrected chi connectivity index (χ3v) is 5.62. The van der Waals surface area contributed by atoms with E-state index in [1.807, 2.05) is 34.9 Å². The minimum Gasteiger partial charge on any atom is -0.376 e. The highest BCUT2D eigenvalue weighted by atomic mass is 127. The van der Waals surface area contributed by atoms with Crippen molar-refractivity contribution in [3.8, 4) is 0 Å². The first kappa shape index (κ1) is 18.9. The Kier molecular flexibility index (Phi) is 5.60. The van der Waals surface area contributed by atoms with Gasteiger partial charge in [0.2, 0.25) is 5.91 Å². The summed E-state index contributed by atoms with van der Waals surface area (Å²) in [4.78, 5) is 26.3. The molecule has 4 rings (SSSR count). The fourth-order valence-electron chi connectivity index (χ4n) is 3.47. The lowest BCUT2D eigenvalue weighted by Gasteiger charge is -2.34. The van der Waals surface area contributed by atoms with Crippen molar-refractivity contribution in [2.24, 2.45) is 0 Å². The number of hydrogen-bond donors (Lipinski definition) is 3. The molecule has 1 saturated heterocycles. The molecule has 1 aromatic carbocycles. The van der Waals surface area contributed by atoms with Crippen molar-refractivity contribution in [1.29, 1.82) is 0 Å². The molecular formula is C19H20FIN6O. The number of nitrogens with one attached hydrogen (secondary N) is 3. The third kappa shape index (κ3) is 4.18. The molecule has 0 bridgehead atoms. The molecule has 28 heavy (non-hydrogen) atoms. The summed E-state index contributed by atoms with van der Waals surface area (Å²) < 4.78 is 13.9. The second kappa shape index (κ2) is 8.29. The second-order valence-electron chi connectivity index (χ2n) is 6.77. The number of amides is 1. The van der Waals surface area contributed by atoms with Gasteiger partial charge in [-0.15, -0.1) is 0 Å². The van der Waals surface area contributed by atoms with Crippen LogP contribution in [-0.2, 0) is 4.79 Å². The zero-order valence-corrected chi connectivity index (χ0v) is 17.2. The molecule has 0 spiro atoms. The van der Waals surface area contributed by atoms with E-state index in [4.69, 9.17) is 0 Å². The van der Waals surface area contributed by atoms with Crippen molar-refractivity contribution in [1.82, 2.24) is 20.3 Å². The Labute approximate surface area is 175 Å². The number of halogens is 2. The molecule has 3 N–H and O–H groups in total. The van der Waals surface area contributed by atoms with Crippen molar-refractivity contribution >= 4 is 51.0 Å². The summed E-state index contributed by atoms with van der Waals surface area (Å²) in [5, 5.41) is 7.12. The third-order valence-electron chi connectivity index (χ3n) is 4.79. The van der Waals surface area contributed by atoms with Crippen LogP contribution < -0.4 is 15.5 Å². The number of piperidine rings is 1. The van der Waals surface area contributed by atoms with E-state index in [0.717, 1.165) is 41.9 Å². The lowest BCUT2D eigenvalue weighted by molar-refractivity contribution is -0.120. The molecule has 2 aromatic heterocycles. The topological polar surface area (TPSA) is 85.9 Å². The minimum absolute atomic E-state index is 0.0559. The summed E-state index contributed by atoms with van der Waals surface area (Å²) in [6.07, 6.45) is 5.32. The summed E-state index contributed by atoms with van der Waals surface area (Å²) in [5.41, 5.74) is 1.54. The van der Waals surface area contributed by atoms with Crippen molar-refractivity contribution in [2.75, 3.05) is 29.9 Å². The Bertz CT molecular complexity index is 993. The summed E-state index contributed by atoms with van der Waals surface area (Å²) >= 11 is 1.93. The number of nitrogens with zero attached hydrogens (tertiary/aromatic N) is 3. The Morgan fingerprint density at radius 2 is 2.25 bits per heavy atom. The fraction of sp³-hybridized carbons (Fsp3) is 0.316. The molecule has 7 nitrogen and oxygen atoms in total. The number of aromatic nitrogens is 3. The molecule has 1 fully saturated rings. The Balaban J connectivity index is 1.35. The summed E-state index contributed by atoms with van der Waals surface area (Å²) in [6.45, 7) is 1.75. The SMILES string of the molecule is O=C(CNc1ccc(F)c(I)c1)N[C@@H]1CCCN(c2ncnc3[nH]ccc23)C1. The molecule has 1 aliphatic rings. The first-order valence-corrected chi connectivity index (χ1v) is 10.2. The molecule has 0 radical (unpaired) electrons. The number of anilines is 2. The number of rotatable bonds is 5. The average Bonchev–Trinajstić information content (AvgIpc) is 3.18. The highest BCUT2D eigenvalue weighted by molar-refractivity contribution is 14.1. The Hall–Kier alpha value is -2.43. The van der Waals surface area contributed by atoms with Crippen molar-refractivity contribution in [2.45, 2.75) is 18.9 Å². The van der Waals surface area contributed by atoms with Gasteiger partial charge in [0.1, 0.15) is 23.6 Å². The van der Waals surface area contributed by atoms with Crippen LogP contribution in [0.15, 0.2) is 36.8 Å². The first-order chi connectivity index (χ1) is 13.6. The van der Waals surface area contributed by atoms with E-state index in [-0.39, 0.29) is 24.3 Å². The maximum Gasteiger partial charge on any atom is 0.239 e. The summed E-state index contributed by atoms with van der Waals surface area (Å²) in [7, 11) is 0. The van der Waals surface area contributed by atoms with Gasteiger partial charge in [-0.05, 0) is 59.7 Å². The van der Waals surface area contributed by atoms with Gasteiger partial charge in [-0.3, -0.25) is 4.79 Å². The largest absolute Gasteiger partial charge is 0.376 e. The van der Waals surface area contributed by atoms with E-state index < -0.39 is 0 Å². The van der Waals surface area contributed by atoms with E-state index in [1.165, 1.54) is 6.07 Å². The van der Waals surface area contributed by atoms with Crippen molar-refractivity contribution in [3.05, 3.63) is 46.2 Å². The molecule has 0 aliphatic carbocycles. The lowest BCUT2D eigenvalue weighted by atomic mass is 10.1. The molecular weight excluding hydrogens is 474 g/mol. The van der Waals surface area contributed by atoms with Crippen LogP contribution in [0.3, 0.4) is 0 Å². The summed E-state index contributed by atoms with van der Waals surface area (Å²) in [6, 6.07) is 6.73. The monoisotopic (exact) mass is 494 g/mol. The summed E-state index contributed by atoms with van der Waals surface area (Å²) in [5.74, 6) is 0.545. The molecule has 1 aliphatic heterocycles. The highest BCUT2D eigenvalue weighted by Gasteiger charge is 2.23. The smallest absolute Gasteiger partial charge is 0.239 e. The first-order valence-electron chi connectivity index (χ1n) is 9.11. The average molecular weight is 494 g/mol. The van der Waals surface area contributed by atoms with Crippen LogP contribution in [0.4, 0.5) is 15.9 Å². The van der Waals surface area contributed by atoms with E-state index in [1.54, 1.807) is 18.5 Å². The van der Waals surface area contributed by atoms with Gasteiger partial charge in [0.25, 0.3) is 0 Å². The van der Waals surface area contributed by atoms with Crippen LogP contribution in [0, 0.1) is 9.39 Å². The number of benzene rings is 1.